The molecule has 1 heteroatoms. The van der Waals surface area contributed by atoms with E-state index in [0.717, 1.165) is 30.6 Å². The zero-order chi connectivity index (χ0) is 14.6. The summed E-state index contributed by atoms with van der Waals surface area (Å²) in [5.74, 6) is 2.59. The van der Waals surface area contributed by atoms with Crippen LogP contribution in [0.3, 0.4) is 0 Å². The minimum absolute atomic E-state index is 0.0593. The van der Waals surface area contributed by atoms with E-state index in [2.05, 4.69) is 19.2 Å². The first-order valence-electron chi connectivity index (χ1n) is 8.91. The Hall–Kier alpha value is -0.780. The highest BCUT2D eigenvalue weighted by molar-refractivity contribution is 5.30. The molecular formula is C20H28O. The zero-order valence-electron chi connectivity index (χ0n) is 13.3. The summed E-state index contributed by atoms with van der Waals surface area (Å²) >= 11 is 0. The van der Waals surface area contributed by atoms with E-state index in [1.165, 1.54) is 50.5 Å². The number of aliphatic hydroxyl groups is 1. The van der Waals surface area contributed by atoms with Crippen LogP contribution in [-0.2, 0) is 0 Å². The molecule has 0 aromatic heterocycles. The molecule has 0 amide bonds. The summed E-state index contributed by atoms with van der Waals surface area (Å²) in [6, 6.07) is 0. The predicted molar refractivity (Wildman–Crippen MR) is 85.8 cm³/mol. The summed E-state index contributed by atoms with van der Waals surface area (Å²) in [6.07, 6.45) is 11.0. The first kappa shape index (κ1) is 13.9. The van der Waals surface area contributed by atoms with Crippen molar-refractivity contribution in [3.8, 4) is 0 Å². The Morgan fingerprint density at radius 1 is 1.14 bits per heavy atom. The fourth-order valence-corrected chi connectivity index (χ4v) is 6.29. The Balaban J connectivity index is 1.66. The molecule has 4 rings (SSSR count). The molecule has 1 nitrogen and oxygen atoms in total. The molecule has 0 aromatic carbocycles. The topological polar surface area (TPSA) is 20.2 Å². The smallest absolute Gasteiger partial charge is 0.0580 e. The van der Waals surface area contributed by atoms with Crippen LogP contribution in [0.15, 0.2) is 29.0 Å². The number of rotatable bonds is 0. The average molecular weight is 284 g/mol. The van der Waals surface area contributed by atoms with E-state index in [4.69, 9.17) is 0 Å². The van der Waals surface area contributed by atoms with Crippen LogP contribution in [0.1, 0.15) is 64.7 Å². The van der Waals surface area contributed by atoms with Crippen molar-refractivity contribution in [2.75, 3.05) is 0 Å². The molecule has 0 saturated heterocycles. The number of allylic oxidation sites excluding steroid dienone is 2. The second-order valence-electron chi connectivity index (χ2n) is 8.09. The van der Waals surface area contributed by atoms with Gasteiger partial charge in [0.05, 0.1) is 6.10 Å². The van der Waals surface area contributed by atoms with Crippen LogP contribution in [0, 0.1) is 23.2 Å². The largest absolute Gasteiger partial charge is 0.393 e. The van der Waals surface area contributed by atoms with Gasteiger partial charge in [0.25, 0.3) is 0 Å². The minimum Gasteiger partial charge on any atom is -0.393 e. The van der Waals surface area contributed by atoms with Crippen molar-refractivity contribution in [1.82, 2.24) is 0 Å². The van der Waals surface area contributed by atoms with Crippen LogP contribution in [0.5, 0.6) is 0 Å². The lowest BCUT2D eigenvalue weighted by atomic mass is 9.54. The van der Waals surface area contributed by atoms with Crippen molar-refractivity contribution in [1.29, 1.82) is 0 Å². The van der Waals surface area contributed by atoms with Gasteiger partial charge in [0.1, 0.15) is 0 Å². The first-order chi connectivity index (χ1) is 10.1. The van der Waals surface area contributed by atoms with Gasteiger partial charge in [-0.25, -0.2) is 0 Å². The van der Waals surface area contributed by atoms with Gasteiger partial charge in [0.15, 0.2) is 0 Å². The minimum atomic E-state index is -0.0593. The van der Waals surface area contributed by atoms with E-state index in [-0.39, 0.29) is 6.10 Å². The van der Waals surface area contributed by atoms with Gasteiger partial charge in [-0.3, -0.25) is 0 Å². The van der Waals surface area contributed by atoms with Crippen LogP contribution >= 0.6 is 0 Å². The highest BCUT2D eigenvalue weighted by atomic mass is 16.3. The SMILES string of the molecule is C=C=C1CC[C@H]2[C@@H]3CCC4=C(CCC(O)C4)[C@H]3CC[C@]12C. The van der Waals surface area contributed by atoms with Crippen molar-refractivity contribution in [3.63, 3.8) is 0 Å². The van der Waals surface area contributed by atoms with Crippen LogP contribution in [0.25, 0.3) is 0 Å². The second-order valence-corrected chi connectivity index (χ2v) is 8.09. The normalized spacial score (nSPS) is 45.7. The lowest BCUT2D eigenvalue weighted by molar-refractivity contribution is 0.0546. The maximum Gasteiger partial charge on any atom is 0.0580 e. The van der Waals surface area contributed by atoms with E-state index in [1.807, 2.05) is 0 Å². The molecular weight excluding hydrogens is 256 g/mol. The Morgan fingerprint density at radius 3 is 2.81 bits per heavy atom. The van der Waals surface area contributed by atoms with Crippen LogP contribution < -0.4 is 0 Å². The van der Waals surface area contributed by atoms with Crippen molar-refractivity contribution < 1.29 is 5.11 Å². The van der Waals surface area contributed by atoms with Gasteiger partial charge in [-0.15, -0.1) is 5.73 Å². The Labute approximate surface area is 128 Å². The van der Waals surface area contributed by atoms with E-state index < -0.39 is 0 Å². The third-order valence-corrected chi connectivity index (χ3v) is 7.34. The molecule has 0 bridgehead atoms. The van der Waals surface area contributed by atoms with Gasteiger partial charge in [0.2, 0.25) is 0 Å². The van der Waals surface area contributed by atoms with Crippen molar-refractivity contribution in [2.45, 2.75) is 70.8 Å². The lowest BCUT2D eigenvalue weighted by Crippen LogP contribution is -2.42. The summed E-state index contributed by atoms with van der Waals surface area (Å²) in [7, 11) is 0. The average Bonchev–Trinajstić information content (AvgIpc) is 2.83. The molecule has 114 valence electrons. The Morgan fingerprint density at radius 2 is 2.00 bits per heavy atom. The fourth-order valence-electron chi connectivity index (χ4n) is 6.29. The molecule has 1 N–H and O–H groups in total. The molecule has 21 heavy (non-hydrogen) atoms. The van der Waals surface area contributed by atoms with Gasteiger partial charge >= 0.3 is 0 Å². The summed E-state index contributed by atoms with van der Waals surface area (Å²) in [5, 5.41) is 9.95. The fraction of sp³-hybridized carbons (Fsp3) is 0.750. The van der Waals surface area contributed by atoms with Gasteiger partial charge in [0, 0.05) is 0 Å². The van der Waals surface area contributed by atoms with Crippen molar-refractivity contribution in [2.24, 2.45) is 23.2 Å². The van der Waals surface area contributed by atoms with Gasteiger partial charge in [-0.2, -0.15) is 0 Å². The molecule has 0 aromatic rings. The maximum absolute atomic E-state index is 9.95. The Kier molecular flexibility index (Phi) is 3.21. The summed E-state index contributed by atoms with van der Waals surface area (Å²) in [5.41, 5.74) is 8.61. The number of aliphatic hydroxyl groups excluding tert-OH is 1. The van der Waals surface area contributed by atoms with Crippen LogP contribution in [-0.4, -0.2) is 11.2 Å². The lowest BCUT2D eigenvalue weighted by Gasteiger charge is -2.51. The standard InChI is InChI=1S/C20H28O/c1-3-14-5-9-19-18-7-4-13-12-15(21)6-8-16(13)17(18)10-11-20(14,19)2/h15,17-19,21H,1,4-12H2,2H3/t15?,17-,18-,19+,20-/m1/s1. The molecule has 2 fully saturated rings. The van der Waals surface area contributed by atoms with Crippen LogP contribution in [0.2, 0.25) is 0 Å². The maximum atomic E-state index is 9.95. The summed E-state index contributed by atoms with van der Waals surface area (Å²) in [4.78, 5) is 0. The molecule has 0 spiro atoms. The number of fused-ring (bicyclic) bond motifs is 4. The molecule has 2 saturated carbocycles. The second kappa shape index (κ2) is 4.86. The van der Waals surface area contributed by atoms with Crippen molar-refractivity contribution in [3.05, 3.63) is 29.0 Å². The van der Waals surface area contributed by atoms with E-state index in [1.54, 1.807) is 11.1 Å². The molecule has 4 aliphatic carbocycles. The third kappa shape index (κ3) is 1.94. The highest BCUT2D eigenvalue weighted by Crippen LogP contribution is 2.62. The Bertz CT molecular complexity index is 536. The van der Waals surface area contributed by atoms with Gasteiger partial charge in [-0.1, -0.05) is 24.6 Å². The quantitative estimate of drug-likeness (QED) is 0.501. The molecule has 4 aliphatic rings. The predicted octanol–water partition coefficient (Wildman–Crippen LogP) is 4.78. The zero-order valence-corrected chi connectivity index (χ0v) is 13.3. The summed E-state index contributed by atoms with van der Waals surface area (Å²) in [6.45, 7) is 6.45. The van der Waals surface area contributed by atoms with E-state index in [9.17, 15) is 5.11 Å². The number of hydrogen-bond acceptors (Lipinski definition) is 1. The highest BCUT2D eigenvalue weighted by Gasteiger charge is 2.53. The molecule has 0 aliphatic heterocycles. The monoisotopic (exact) mass is 284 g/mol. The summed E-state index contributed by atoms with van der Waals surface area (Å²) < 4.78 is 0. The first-order valence-corrected chi connectivity index (χ1v) is 8.91. The van der Waals surface area contributed by atoms with E-state index >= 15 is 0 Å². The van der Waals surface area contributed by atoms with Gasteiger partial charge in [-0.05, 0) is 86.5 Å². The molecule has 1 unspecified atom stereocenters. The third-order valence-electron chi connectivity index (χ3n) is 7.34. The van der Waals surface area contributed by atoms with Gasteiger partial charge < -0.3 is 5.11 Å². The van der Waals surface area contributed by atoms with Crippen molar-refractivity contribution >= 4 is 0 Å². The molecule has 5 atom stereocenters. The molecule has 0 heterocycles. The number of hydrogen-bond donors (Lipinski definition) is 1. The van der Waals surface area contributed by atoms with Crippen LogP contribution in [0.4, 0.5) is 0 Å². The van der Waals surface area contributed by atoms with E-state index in [0.29, 0.717) is 5.41 Å². The molecule has 0 radical (unpaired) electrons.